The van der Waals surface area contributed by atoms with E-state index in [9.17, 15) is 4.79 Å². The summed E-state index contributed by atoms with van der Waals surface area (Å²) in [5, 5.41) is 11.4. The van der Waals surface area contributed by atoms with Gasteiger partial charge in [0.25, 0.3) is 0 Å². The molecular weight excluding hydrogens is 422 g/mol. The highest BCUT2D eigenvalue weighted by Crippen LogP contribution is 2.38. The molecule has 158 valence electrons. The number of carbonyl (C=O) groups excluding carboxylic acids is 1. The molecule has 3 aromatic carbocycles. The van der Waals surface area contributed by atoms with Crippen molar-refractivity contribution >= 4 is 23.3 Å². The largest absolute Gasteiger partial charge is 0.350 e. The summed E-state index contributed by atoms with van der Waals surface area (Å²) in [5.74, 6) is 0. The summed E-state index contributed by atoms with van der Waals surface area (Å²) in [6.07, 6.45) is 2.48. The van der Waals surface area contributed by atoms with Crippen LogP contribution in [0.3, 0.4) is 0 Å². The van der Waals surface area contributed by atoms with Crippen LogP contribution in [0.5, 0.6) is 0 Å². The molecule has 0 saturated carbocycles. The molecule has 0 radical (unpaired) electrons. The summed E-state index contributed by atoms with van der Waals surface area (Å²) < 4.78 is 1.82. The Morgan fingerprint density at radius 3 is 2.22 bits per heavy atom. The van der Waals surface area contributed by atoms with Gasteiger partial charge in [-0.25, -0.2) is 14.5 Å². The van der Waals surface area contributed by atoms with Gasteiger partial charge >= 0.3 is 6.03 Å². The van der Waals surface area contributed by atoms with E-state index in [0.29, 0.717) is 11.4 Å². The van der Waals surface area contributed by atoms with E-state index in [0.717, 1.165) is 33.8 Å². The number of amides is 2. The average molecular weight is 442 g/mol. The first-order valence-corrected chi connectivity index (χ1v) is 10.6. The molecule has 0 bridgehead atoms. The predicted molar refractivity (Wildman–Crippen MR) is 126 cm³/mol. The van der Waals surface area contributed by atoms with Gasteiger partial charge < -0.3 is 5.73 Å². The highest BCUT2D eigenvalue weighted by Gasteiger charge is 2.35. The van der Waals surface area contributed by atoms with E-state index in [2.05, 4.69) is 5.10 Å². The number of hydrogen-bond acceptors (Lipinski definition) is 3. The van der Waals surface area contributed by atoms with E-state index in [1.54, 1.807) is 0 Å². The summed E-state index contributed by atoms with van der Waals surface area (Å²) >= 11 is 6.11. The van der Waals surface area contributed by atoms with Crippen molar-refractivity contribution in [1.29, 1.82) is 0 Å². The molecule has 1 aliphatic heterocycles. The van der Waals surface area contributed by atoms with Gasteiger partial charge in [-0.2, -0.15) is 10.2 Å². The Kier molecular flexibility index (Phi) is 5.21. The van der Waals surface area contributed by atoms with Gasteiger partial charge in [0.05, 0.1) is 23.1 Å². The number of rotatable bonds is 4. The van der Waals surface area contributed by atoms with Gasteiger partial charge in [-0.05, 0) is 29.8 Å². The molecule has 7 heteroatoms. The molecule has 1 unspecified atom stereocenters. The second-order valence-corrected chi connectivity index (χ2v) is 7.97. The number of hydrazone groups is 1. The standard InChI is InChI=1S/C25H20ClN5O/c26-19-13-11-18(12-14-19)24-21(16-30(29-24)20-9-5-2-6-10-20)23-15-22(28-31(23)25(27)32)17-7-3-1-4-8-17/h1-14,16,23H,15H2,(H2,27,32). The molecule has 0 spiro atoms. The predicted octanol–water partition coefficient (Wildman–Crippen LogP) is 5.42. The average Bonchev–Trinajstić information content (AvgIpc) is 3.46. The zero-order valence-corrected chi connectivity index (χ0v) is 17.9. The molecule has 0 saturated heterocycles. The van der Waals surface area contributed by atoms with Crippen LogP contribution in [0.4, 0.5) is 4.79 Å². The van der Waals surface area contributed by atoms with Crippen molar-refractivity contribution in [2.24, 2.45) is 10.8 Å². The number of benzene rings is 3. The Morgan fingerprint density at radius 1 is 0.906 bits per heavy atom. The summed E-state index contributed by atoms with van der Waals surface area (Å²) in [5.41, 5.74) is 10.9. The van der Waals surface area contributed by atoms with Gasteiger partial charge in [0.15, 0.2) is 0 Å². The Bertz CT molecular complexity index is 1280. The molecule has 2 N–H and O–H groups in total. The Morgan fingerprint density at radius 2 is 1.56 bits per heavy atom. The zero-order chi connectivity index (χ0) is 22.1. The van der Waals surface area contributed by atoms with Crippen molar-refractivity contribution < 1.29 is 4.79 Å². The van der Waals surface area contributed by atoms with Crippen molar-refractivity contribution in [3.05, 3.63) is 107 Å². The molecule has 0 fully saturated rings. The topological polar surface area (TPSA) is 76.5 Å². The quantitative estimate of drug-likeness (QED) is 0.459. The van der Waals surface area contributed by atoms with Crippen LogP contribution in [0.25, 0.3) is 16.9 Å². The van der Waals surface area contributed by atoms with Crippen LogP contribution in [0, 0.1) is 0 Å². The minimum atomic E-state index is -0.601. The molecule has 1 aliphatic rings. The van der Waals surface area contributed by atoms with Gasteiger partial charge in [0.1, 0.15) is 0 Å². The number of urea groups is 1. The zero-order valence-electron chi connectivity index (χ0n) is 17.1. The van der Waals surface area contributed by atoms with E-state index >= 15 is 0 Å². The summed E-state index contributed by atoms with van der Waals surface area (Å²) in [6, 6.07) is 26.2. The first kappa shape index (κ1) is 20.0. The Labute approximate surface area is 190 Å². The van der Waals surface area contributed by atoms with E-state index < -0.39 is 6.03 Å². The first-order chi connectivity index (χ1) is 15.6. The molecular formula is C25H20ClN5O. The number of carbonyl (C=O) groups is 1. The lowest BCUT2D eigenvalue weighted by molar-refractivity contribution is 0.196. The van der Waals surface area contributed by atoms with Crippen LogP contribution in [-0.4, -0.2) is 26.5 Å². The number of halogens is 1. The first-order valence-electron chi connectivity index (χ1n) is 10.2. The van der Waals surface area contributed by atoms with E-state index in [1.807, 2.05) is 95.8 Å². The highest BCUT2D eigenvalue weighted by molar-refractivity contribution is 6.30. The van der Waals surface area contributed by atoms with E-state index in [4.69, 9.17) is 22.4 Å². The third-order valence-corrected chi connectivity index (χ3v) is 5.74. The molecule has 1 atom stereocenters. The lowest BCUT2D eigenvalue weighted by atomic mass is 9.96. The van der Waals surface area contributed by atoms with Crippen LogP contribution in [-0.2, 0) is 0 Å². The highest BCUT2D eigenvalue weighted by atomic mass is 35.5. The number of nitrogens with zero attached hydrogens (tertiary/aromatic N) is 4. The third kappa shape index (κ3) is 3.76. The van der Waals surface area contributed by atoms with Gasteiger partial charge in [0, 0.05) is 28.8 Å². The van der Waals surface area contributed by atoms with Crippen LogP contribution < -0.4 is 5.73 Å². The van der Waals surface area contributed by atoms with Gasteiger partial charge in [0.2, 0.25) is 0 Å². The lowest BCUT2D eigenvalue weighted by Crippen LogP contribution is -2.32. The molecule has 2 heterocycles. The van der Waals surface area contributed by atoms with Crippen molar-refractivity contribution in [3.63, 3.8) is 0 Å². The molecule has 0 aliphatic carbocycles. The summed E-state index contributed by atoms with van der Waals surface area (Å²) in [4.78, 5) is 12.3. The fourth-order valence-electron chi connectivity index (χ4n) is 3.94. The fourth-order valence-corrected chi connectivity index (χ4v) is 4.06. The SMILES string of the molecule is NC(=O)N1N=C(c2ccccc2)CC1c1cn(-c2ccccc2)nc1-c1ccc(Cl)cc1. The lowest BCUT2D eigenvalue weighted by Gasteiger charge is -2.19. The summed E-state index contributed by atoms with van der Waals surface area (Å²) in [7, 11) is 0. The van der Waals surface area contributed by atoms with Crippen LogP contribution in [0.15, 0.2) is 96.2 Å². The Hall–Kier alpha value is -3.90. The van der Waals surface area contributed by atoms with Gasteiger partial charge in [-0.15, -0.1) is 0 Å². The smallest absolute Gasteiger partial charge is 0.335 e. The number of aromatic nitrogens is 2. The summed E-state index contributed by atoms with van der Waals surface area (Å²) in [6.45, 7) is 0. The van der Waals surface area contributed by atoms with Crippen molar-refractivity contribution in [3.8, 4) is 16.9 Å². The van der Waals surface area contributed by atoms with Gasteiger partial charge in [-0.1, -0.05) is 72.3 Å². The molecule has 4 aromatic rings. The van der Waals surface area contributed by atoms with Crippen LogP contribution in [0.2, 0.25) is 5.02 Å². The van der Waals surface area contributed by atoms with E-state index in [1.165, 1.54) is 5.01 Å². The van der Waals surface area contributed by atoms with Crippen molar-refractivity contribution in [2.45, 2.75) is 12.5 Å². The molecule has 1 aromatic heterocycles. The normalized spacial score (nSPS) is 15.6. The van der Waals surface area contributed by atoms with Gasteiger partial charge in [-0.3, -0.25) is 0 Å². The maximum absolute atomic E-state index is 12.3. The number of primary amides is 1. The second-order valence-electron chi connectivity index (χ2n) is 7.54. The fraction of sp³-hybridized carbons (Fsp3) is 0.0800. The monoisotopic (exact) mass is 441 g/mol. The third-order valence-electron chi connectivity index (χ3n) is 5.48. The van der Waals surface area contributed by atoms with Crippen LogP contribution in [0.1, 0.15) is 23.6 Å². The molecule has 2 amide bonds. The van der Waals surface area contributed by atoms with Crippen molar-refractivity contribution in [1.82, 2.24) is 14.8 Å². The van der Waals surface area contributed by atoms with E-state index in [-0.39, 0.29) is 6.04 Å². The maximum atomic E-state index is 12.3. The maximum Gasteiger partial charge on any atom is 0.335 e. The number of nitrogens with two attached hydrogens (primary N) is 1. The minimum absolute atomic E-state index is 0.370. The molecule has 32 heavy (non-hydrogen) atoms. The van der Waals surface area contributed by atoms with Crippen molar-refractivity contribution in [2.75, 3.05) is 0 Å². The minimum Gasteiger partial charge on any atom is -0.350 e. The number of para-hydroxylation sites is 1. The molecule has 5 rings (SSSR count). The Balaban J connectivity index is 1.62. The number of hydrogen-bond donors (Lipinski definition) is 1. The molecule has 6 nitrogen and oxygen atoms in total. The second kappa shape index (κ2) is 8.32. The van der Waals surface area contributed by atoms with Crippen LogP contribution >= 0.6 is 11.6 Å².